The van der Waals surface area contributed by atoms with Crippen molar-refractivity contribution in [3.63, 3.8) is 0 Å². The van der Waals surface area contributed by atoms with E-state index < -0.39 is 23.3 Å². The minimum Gasteiger partial charge on any atom is -0.464 e. The fourth-order valence-electron chi connectivity index (χ4n) is 2.44. The Bertz CT molecular complexity index is 817. The molecule has 0 radical (unpaired) electrons. The van der Waals surface area contributed by atoms with Crippen molar-refractivity contribution in [1.82, 2.24) is 9.55 Å². The SMILES string of the molecule is CC(C)COC(=O)C(C(C)C)n1c(=O)[nH]c2ccccc2c1=O. The molecule has 6 heteroatoms. The number of hydrogen-bond acceptors (Lipinski definition) is 4. The number of aromatic amines is 1. The van der Waals surface area contributed by atoms with E-state index in [1.165, 1.54) is 0 Å². The van der Waals surface area contributed by atoms with Gasteiger partial charge in [-0.15, -0.1) is 0 Å². The van der Waals surface area contributed by atoms with E-state index in [1.807, 2.05) is 13.8 Å². The minimum absolute atomic E-state index is 0.179. The van der Waals surface area contributed by atoms with Crippen LogP contribution in [0.15, 0.2) is 33.9 Å². The lowest BCUT2D eigenvalue weighted by Gasteiger charge is -2.21. The zero-order valence-electron chi connectivity index (χ0n) is 13.8. The van der Waals surface area contributed by atoms with Crippen LogP contribution >= 0.6 is 0 Å². The molecule has 0 spiro atoms. The van der Waals surface area contributed by atoms with E-state index in [0.717, 1.165) is 4.57 Å². The van der Waals surface area contributed by atoms with Crippen LogP contribution in [0, 0.1) is 11.8 Å². The van der Waals surface area contributed by atoms with Gasteiger partial charge < -0.3 is 9.72 Å². The number of benzene rings is 1. The van der Waals surface area contributed by atoms with E-state index in [4.69, 9.17) is 4.74 Å². The first kappa shape index (κ1) is 17.0. The fraction of sp³-hybridized carbons (Fsp3) is 0.471. The topological polar surface area (TPSA) is 81.2 Å². The van der Waals surface area contributed by atoms with Gasteiger partial charge in [0.2, 0.25) is 0 Å². The van der Waals surface area contributed by atoms with Crippen molar-refractivity contribution in [2.45, 2.75) is 33.7 Å². The molecule has 1 unspecified atom stereocenters. The number of fused-ring (bicyclic) bond motifs is 1. The molecule has 0 aliphatic heterocycles. The molecule has 2 rings (SSSR count). The summed E-state index contributed by atoms with van der Waals surface area (Å²) < 4.78 is 6.22. The monoisotopic (exact) mass is 318 g/mol. The predicted octanol–water partition coefficient (Wildman–Crippen LogP) is 2.09. The number of hydrogen-bond donors (Lipinski definition) is 1. The zero-order valence-corrected chi connectivity index (χ0v) is 13.8. The molecule has 0 saturated carbocycles. The summed E-state index contributed by atoms with van der Waals surface area (Å²) in [6.07, 6.45) is 0. The Morgan fingerprint density at radius 3 is 2.43 bits per heavy atom. The Kier molecular flexibility index (Phi) is 5.03. The van der Waals surface area contributed by atoms with Crippen molar-refractivity contribution >= 4 is 16.9 Å². The van der Waals surface area contributed by atoms with Gasteiger partial charge in [-0.1, -0.05) is 39.8 Å². The van der Waals surface area contributed by atoms with Gasteiger partial charge in [0, 0.05) is 0 Å². The molecule has 2 aromatic rings. The molecule has 124 valence electrons. The summed E-state index contributed by atoms with van der Waals surface area (Å²) in [5.41, 5.74) is -0.629. The number of ether oxygens (including phenoxy) is 1. The van der Waals surface area contributed by atoms with Gasteiger partial charge in [0.05, 0.1) is 17.5 Å². The lowest BCUT2D eigenvalue weighted by atomic mass is 10.0. The zero-order chi connectivity index (χ0) is 17.1. The molecule has 1 aromatic heterocycles. The number of nitrogens with zero attached hydrogens (tertiary/aromatic N) is 1. The van der Waals surface area contributed by atoms with Gasteiger partial charge in [0.1, 0.15) is 6.04 Å². The first-order valence-electron chi connectivity index (χ1n) is 7.73. The highest BCUT2D eigenvalue weighted by Gasteiger charge is 2.29. The number of carbonyl (C=O) groups is 1. The third kappa shape index (κ3) is 3.52. The number of rotatable bonds is 5. The van der Waals surface area contributed by atoms with Crippen LogP contribution in [0.5, 0.6) is 0 Å². The van der Waals surface area contributed by atoms with Crippen LogP contribution in [0.4, 0.5) is 0 Å². The molecule has 0 bridgehead atoms. The molecule has 0 amide bonds. The number of carbonyl (C=O) groups excluding carboxylic acids is 1. The Hall–Kier alpha value is -2.37. The summed E-state index contributed by atoms with van der Waals surface area (Å²) in [6, 6.07) is 5.78. The highest BCUT2D eigenvalue weighted by Crippen LogP contribution is 2.17. The Labute approximate surface area is 134 Å². The summed E-state index contributed by atoms with van der Waals surface area (Å²) in [5.74, 6) is -0.635. The molecule has 1 aromatic carbocycles. The number of para-hydroxylation sites is 1. The number of aromatic nitrogens is 2. The highest BCUT2D eigenvalue weighted by atomic mass is 16.5. The Morgan fingerprint density at radius 2 is 1.83 bits per heavy atom. The summed E-state index contributed by atoms with van der Waals surface area (Å²) in [4.78, 5) is 40.1. The maximum Gasteiger partial charge on any atom is 0.329 e. The second-order valence-electron chi connectivity index (χ2n) is 6.36. The molecule has 6 nitrogen and oxygen atoms in total. The van der Waals surface area contributed by atoms with Gasteiger partial charge in [-0.05, 0) is 24.0 Å². The minimum atomic E-state index is -0.949. The predicted molar refractivity (Wildman–Crippen MR) is 88.5 cm³/mol. The first-order valence-corrected chi connectivity index (χ1v) is 7.73. The molecular formula is C17H22N2O4. The van der Waals surface area contributed by atoms with Gasteiger partial charge >= 0.3 is 11.7 Å². The molecule has 0 saturated heterocycles. The molecule has 0 aliphatic rings. The van der Waals surface area contributed by atoms with Crippen molar-refractivity contribution in [2.24, 2.45) is 11.8 Å². The van der Waals surface area contributed by atoms with E-state index in [0.29, 0.717) is 10.9 Å². The van der Waals surface area contributed by atoms with Crippen LogP contribution < -0.4 is 11.2 Å². The molecule has 1 heterocycles. The van der Waals surface area contributed by atoms with Crippen LogP contribution in [-0.4, -0.2) is 22.1 Å². The Balaban J connectivity index is 2.56. The first-order chi connectivity index (χ1) is 10.8. The quantitative estimate of drug-likeness (QED) is 0.856. The molecule has 1 atom stereocenters. The Morgan fingerprint density at radius 1 is 1.17 bits per heavy atom. The molecule has 0 aliphatic carbocycles. The average molecular weight is 318 g/mol. The smallest absolute Gasteiger partial charge is 0.329 e. The number of nitrogens with one attached hydrogen (secondary N) is 1. The summed E-state index contributed by atoms with van der Waals surface area (Å²) >= 11 is 0. The van der Waals surface area contributed by atoms with Crippen molar-refractivity contribution in [2.75, 3.05) is 6.61 Å². The van der Waals surface area contributed by atoms with Gasteiger partial charge in [0.25, 0.3) is 5.56 Å². The second-order valence-corrected chi connectivity index (χ2v) is 6.36. The van der Waals surface area contributed by atoms with Crippen molar-refractivity contribution in [3.8, 4) is 0 Å². The molecule has 0 fully saturated rings. The van der Waals surface area contributed by atoms with E-state index in [2.05, 4.69) is 4.98 Å². The van der Waals surface area contributed by atoms with Crippen LogP contribution in [0.3, 0.4) is 0 Å². The van der Waals surface area contributed by atoms with Crippen molar-refractivity contribution in [3.05, 3.63) is 45.1 Å². The van der Waals surface area contributed by atoms with E-state index >= 15 is 0 Å². The maximum absolute atomic E-state index is 12.7. The van der Waals surface area contributed by atoms with E-state index in [9.17, 15) is 14.4 Å². The summed E-state index contributed by atoms with van der Waals surface area (Å²) in [5, 5.41) is 0.370. The third-order valence-corrected chi connectivity index (χ3v) is 3.55. The summed E-state index contributed by atoms with van der Waals surface area (Å²) in [7, 11) is 0. The van der Waals surface area contributed by atoms with E-state index in [1.54, 1.807) is 38.1 Å². The molecular weight excluding hydrogens is 296 g/mol. The van der Waals surface area contributed by atoms with Gasteiger partial charge in [-0.2, -0.15) is 0 Å². The maximum atomic E-state index is 12.7. The fourth-order valence-corrected chi connectivity index (χ4v) is 2.44. The highest BCUT2D eigenvalue weighted by molar-refractivity contribution is 5.78. The van der Waals surface area contributed by atoms with Crippen molar-refractivity contribution in [1.29, 1.82) is 0 Å². The lowest BCUT2D eigenvalue weighted by Crippen LogP contribution is -2.43. The van der Waals surface area contributed by atoms with Gasteiger partial charge in [-0.3, -0.25) is 4.79 Å². The molecule has 23 heavy (non-hydrogen) atoms. The largest absolute Gasteiger partial charge is 0.464 e. The van der Waals surface area contributed by atoms with Crippen LogP contribution in [-0.2, 0) is 9.53 Å². The molecule has 1 N–H and O–H groups in total. The number of H-pyrrole nitrogens is 1. The lowest BCUT2D eigenvalue weighted by molar-refractivity contribution is -0.150. The second kappa shape index (κ2) is 6.81. The van der Waals surface area contributed by atoms with Crippen LogP contribution in [0.25, 0.3) is 10.9 Å². The van der Waals surface area contributed by atoms with Crippen LogP contribution in [0.1, 0.15) is 33.7 Å². The normalized spacial score (nSPS) is 12.8. The van der Waals surface area contributed by atoms with E-state index in [-0.39, 0.29) is 18.4 Å². The number of esters is 1. The summed E-state index contributed by atoms with van der Waals surface area (Å²) in [6.45, 7) is 7.66. The standard InChI is InChI=1S/C17H22N2O4/c1-10(2)9-23-16(21)14(11(3)4)19-15(20)12-7-5-6-8-13(12)18-17(19)22/h5-8,10-11,14H,9H2,1-4H3,(H,18,22). The van der Waals surface area contributed by atoms with Gasteiger partial charge in [0.15, 0.2) is 0 Å². The van der Waals surface area contributed by atoms with Gasteiger partial charge in [-0.25, -0.2) is 14.2 Å². The average Bonchev–Trinajstić information content (AvgIpc) is 2.48. The van der Waals surface area contributed by atoms with Crippen molar-refractivity contribution < 1.29 is 9.53 Å². The van der Waals surface area contributed by atoms with Crippen LogP contribution in [0.2, 0.25) is 0 Å². The third-order valence-electron chi connectivity index (χ3n) is 3.55.